The Kier molecular flexibility index (Phi) is 4.17. The molecule has 1 heterocycles. The summed E-state index contributed by atoms with van der Waals surface area (Å²) in [6.45, 7) is 4.21. The third-order valence-corrected chi connectivity index (χ3v) is 6.00. The number of nitrogens with zero attached hydrogens (tertiary/aromatic N) is 3. The molecule has 4 heteroatoms. The molecule has 4 aromatic rings. The molecule has 1 aliphatic heterocycles. The van der Waals surface area contributed by atoms with Crippen molar-refractivity contribution in [2.75, 3.05) is 11.9 Å². The van der Waals surface area contributed by atoms with Crippen molar-refractivity contribution in [2.24, 2.45) is 0 Å². The number of ether oxygens (including phenoxy) is 1. The summed E-state index contributed by atoms with van der Waals surface area (Å²) in [6, 6.07) is 24.4. The van der Waals surface area contributed by atoms with E-state index >= 15 is 0 Å². The largest absolute Gasteiger partial charge is 0.438 e. The first kappa shape index (κ1) is 18.7. The van der Waals surface area contributed by atoms with Crippen molar-refractivity contribution in [3.8, 4) is 17.9 Å². The van der Waals surface area contributed by atoms with E-state index in [0.717, 1.165) is 44.1 Å². The third-order valence-electron chi connectivity index (χ3n) is 6.00. The standard InChI is InChI=1S/C27H19N3O/c1-16-8-25-26(9-17(16)2)31-27(30(25)3)21-7-6-19-10-22-12-20(24(14-28)15-29)5-4-18(22)11-23(19)13-21/h4-13H,1-3H3/b27-21+. The van der Waals surface area contributed by atoms with Crippen LogP contribution in [0.15, 0.2) is 60.7 Å². The zero-order valence-electron chi connectivity index (χ0n) is 17.5. The quantitative estimate of drug-likeness (QED) is 0.410. The lowest BCUT2D eigenvalue weighted by molar-refractivity contribution is 0.521. The molecule has 4 aromatic carbocycles. The minimum atomic E-state index is 0.125. The molecule has 0 saturated heterocycles. The zero-order valence-corrected chi connectivity index (χ0v) is 17.5. The van der Waals surface area contributed by atoms with Crippen LogP contribution < -0.4 is 20.1 Å². The fraction of sp³-hybridized carbons (Fsp3) is 0.111. The Balaban J connectivity index is 1.68. The molecule has 31 heavy (non-hydrogen) atoms. The highest BCUT2D eigenvalue weighted by Crippen LogP contribution is 2.40. The molecule has 0 saturated carbocycles. The van der Waals surface area contributed by atoms with Gasteiger partial charge in [-0.15, -0.1) is 0 Å². The summed E-state index contributed by atoms with van der Waals surface area (Å²) >= 11 is 0. The van der Waals surface area contributed by atoms with Crippen molar-refractivity contribution in [1.82, 2.24) is 0 Å². The van der Waals surface area contributed by atoms with Crippen LogP contribution in [-0.4, -0.2) is 7.05 Å². The number of hydrogen-bond acceptors (Lipinski definition) is 4. The van der Waals surface area contributed by atoms with Crippen molar-refractivity contribution in [2.45, 2.75) is 13.8 Å². The lowest BCUT2D eigenvalue weighted by atomic mass is 10.0. The van der Waals surface area contributed by atoms with E-state index < -0.39 is 0 Å². The summed E-state index contributed by atoms with van der Waals surface area (Å²) in [7, 11) is 2.03. The molecule has 0 N–H and O–H groups in total. The van der Waals surface area contributed by atoms with Crippen molar-refractivity contribution in [1.29, 1.82) is 10.5 Å². The fourth-order valence-corrected chi connectivity index (χ4v) is 4.09. The average Bonchev–Trinajstić information content (AvgIpc) is 3.08. The molecule has 0 aliphatic carbocycles. The number of aryl methyl sites for hydroxylation is 2. The molecule has 0 radical (unpaired) electrons. The van der Waals surface area contributed by atoms with E-state index in [2.05, 4.69) is 61.2 Å². The van der Waals surface area contributed by atoms with Gasteiger partial charge in [-0.1, -0.05) is 18.2 Å². The molecule has 0 spiro atoms. The molecule has 0 atom stereocenters. The Bertz CT molecular complexity index is 1600. The SMILES string of the molecule is Cc1cc2c(cc1C)N(C)/C(=c1/ccc3cc4cc(=C(C#N)C#N)ccc4cc3c1)O2. The van der Waals surface area contributed by atoms with Crippen LogP contribution in [0.4, 0.5) is 5.69 Å². The Labute approximate surface area is 180 Å². The van der Waals surface area contributed by atoms with Gasteiger partial charge in [0.15, 0.2) is 5.75 Å². The number of anilines is 1. The zero-order chi connectivity index (χ0) is 21.7. The van der Waals surface area contributed by atoms with Crippen molar-refractivity contribution in [3.63, 3.8) is 0 Å². The van der Waals surface area contributed by atoms with Gasteiger partial charge >= 0.3 is 0 Å². The van der Waals surface area contributed by atoms with E-state index in [1.165, 1.54) is 11.1 Å². The highest BCUT2D eigenvalue weighted by atomic mass is 16.5. The van der Waals surface area contributed by atoms with Crippen LogP contribution in [0.1, 0.15) is 11.1 Å². The van der Waals surface area contributed by atoms with Gasteiger partial charge in [0.2, 0.25) is 5.88 Å². The molecule has 0 aromatic heterocycles. The maximum atomic E-state index is 9.15. The van der Waals surface area contributed by atoms with Crippen molar-refractivity contribution in [3.05, 3.63) is 82.2 Å². The molecule has 0 amide bonds. The van der Waals surface area contributed by atoms with Gasteiger partial charge in [-0.2, -0.15) is 10.5 Å². The van der Waals surface area contributed by atoms with Crippen molar-refractivity contribution < 1.29 is 4.74 Å². The second-order valence-electron chi connectivity index (χ2n) is 7.95. The number of hydrogen-bond donors (Lipinski definition) is 0. The van der Waals surface area contributed by atoms with E-state index in [-0.39, 0.29) is 5.57 Å². The number of benzene rings is 4. The summed E-state index contributed by atoms with van der Waals surface area (Å²) in [6.07, 6.45) is 0. The topological polar surface area (TPSA) is 60.0 Å². The molecule has 148 valence electrons. The third kappa shape index (κ3) is 2.98. The number of nitriles is 2. The monoisotopic (exact) mass is 401 g/mol. The predicted octanol–water partition coefficient (Wildman–Crippen LogP) is 4.40. The van der Waals surface area contributed by atoms with Gasteiger partial charge in [0.1, 0.15) is 17.7 Å². The van der Waals surface area contributed by atoms with Gasteiger partial charge in [-0.3, -0.25) is 0 Å². The molecule has 4 nitrogen and oxygen atoms in total. The normalized spacial score (nSPS) is 14.2. The minimum Gasteiger partial charge on any atom is -0.438 e. The Hall–Kier alpha value is -4.28. The van der Waals surface area contributed by atoms with Crippen molar-refractivity contribution >= 4 is 38.7 Å². The fourth-order valence-electron chi connectivity index (χ4n) is 4.09. The second-order valence-corrected chi connectivity index (χ2v) is 7.95. The lowest BCUT2D eigenvalue weighted by Crippen LogP contribution is -2.21. The van der Waals surface area contributed by atoms with Gasteiger partial charge in [0, 0.05) is 17.5 Å². The highest BCUT2D eigenvalue weighted by Gasteiger charge is 2.24. The van der Waals surface area contributed by atoms with Gasteiger partial charge in [0.25, 0.3) is 0 Å². The van der Waals surface area contributed by atoms with Crippen LogP contribution in [0.5, 0.6) is 5.75 Å². The summed E-state index contributed by atoms with van der Waals surface area (Å²) in [5.41, 5.74) is 3.66. The summed E-state index contributed by atoms with van der Waals surface area (Å²) < 4.78 is 6.22. The van der Waals surface area contributed by atoms with E-state index in [0.29, 0.717) is 5.22 Å². The van der Waals surface area contributed by atoms with Gasteiger partial charge in [-0.25, -0.2) is 0 Å². The smallest absolute Gasteiger partial charge is 0.207 e. The molecule has 0 fully saturated rings. The summed E-state index contributed by atoms with van der Waals surface area (Å²) in [5, 5.41) is 24.2. The van der Waals surface area contributed by atoms with Crippen LogP contribution >= 0.6 is 0 Å². The molecular formula is C27H19N3O. The first-order valence-electron chi connectivity index (χ1n) is 10.0. The predicted molar refractivity (Wildman–Crippen MR) is 124 cm³/mol. The van der Waals surface area contributed by atoms with Gasteiger partial charge < -0.3 is 9.64 Å². The number of fused-ring (bicyclic) bond motifs is 3. The minimum absolute atomic E-state index is 0.125. The Morgan fingerprint density at radius 3 is 2.13 bits per heavy atom. The molecule has 5 rings (SSSR count). The molecule has 1 aliphatic rings. The van der Waals surface area contributed by atoms with E-state index in [1.807, 2.05) is 37.4 Å². The van der Waals surface area contributed by atoms with Crippen LogP contribution in [0.25, 0.3) is 33.0 Å². The van der Waals surface area contributed by atoms with Gasteiger partial charge in [-0.05, 0) is 89.0 Å². The van der Waals surface area contributed by atoms with Crippen LogP contribution in [0.2, 0.25) is 0 Å². The van der Waals surface area contributed by atoms with Gasteiger partial charge in [0.05, 0.1) is 5.69 Å². The first-order chi connectivity index (χ1) is 15.0. The molecule has 0 unspecified atom stereocenters. The van der Waals surface area contributed by atoms with E-state index in [4.69, 9.17) is 15.3 Å². The Morgan fingerprint density at radius 2 is 1.42 bits per heavy atom. The maximum absolute atomic E-state index is 9.15. The lowest BCUT2D eigenvalue weighted by Gasteiger charge is -2.12. The number of rotatable bonds is 0. The highest BCUT2D eigenvalue weighted by molar-refractivity contribution is 5.98. The van der Waals surface area contributed by atoms with E-state index in [9.17, 15) is 0 Å². The molecule has 0 bridgehead atoms. The maximum Gasteiger partial charge on any atom is 0.207 e. The Morgan fingerprint density at radius 1 is 0.774 bits per heavy atom. The average molecular weight is 401 g/mol. The second kappa shape index (κ2) is 6.90. The van der Waals surface area contributed by atoms with Crippen LogP contribution in [0, 0.1) is 36.5 Å². The summed E-state index contributed by atoms with van der Waals surface area (Å²) in [5.74, 6) is 1.70. The van der Waals surface area contributed by atoms with Crippen LogP contribution in [0.3, 0.4) is 0 Å². The van der Waals surface area contributed by atoms with Crippen LogP contribution in [-0.2, 0) is 0 Å². The summed E-state index contributed by atoms with van der Waals surface area (Å²) in [4.78, 5) is 2.09. The molecular weight excluding hydrogens is 382 g/mol. The van der Waals surface area contributed by atoms with E-state index in [1.54, 1.807) is 0 Å². The first-order valence-corrected chi connectivity index (χ1v) is 10.0.